The van der Waals surface area contributed by atoms with Crippen LogP contribution < -0.4 is 30.9 Å². The van der Waals surface area contributed by atoms with Crippen molar-refractivity contribution in [2.45, 2.75) is 91.3 Å². The Hall–Kier alpha value is -4.88. The molecule has 0 saturated carbocycles. The summed E-state index contributed by atoms with van der Waals surface area (Å²) in [5.41, 5.74) is 5.86. The molecule has 282 valence electrons. The van der Waals surface area contributed by atoms with Crippen molar-refractivity contribution in [1.29, 1.82) is 0 Å². The number of para-hydroxylation sites is 1. The van der Waals surface area contributed by atoms with Gasteiger partial charge in [0.25, 0.3) is 0 Å². The predicted octanol–water partition coefficient (Wildman–Crippen LogP) is 9.16. The molecule has 56 heavy (non-hydrogen) atoms. The summed E-state index contributed by atoms with van der Waals surface area (Å²) in [7, 11) is -3.67. The lowest BCUT2D eigenvalue weighted by molar-refractivity contribution is 0.00578. The Kier molecular flexibility index (Phi) is 8.24. The maximum absolute atomic E-state index is 7.17. The third-order valence-corrected chi connectivity index (χ3v) is 17.5. The zero-order valence-electron chi connectivity index (χ0n) is 34.5. The van der Waals surface area contributed by atoms with Gasteiger partial charge in [0.05, 0.1) is 22.2 Å². The van der Waals surface area contributed by atoms with Gasteiger partial charge in [0.15, 0.2) is 8.07 Å². The van der Waals surface area contributed by atoms with E-state index in [9.17, 15) is 0 Å². The largest absolute Gasteiger partial charge is 0.498 e. The van der Waals surface area contributed by atoms with Gasteiger partial charge in [-0.2, -0.15) is 0 Å². The van der Waals surface area contributed by atoms with E-state index in [2.05, 4.69) is 207 Å². The van der Waals surface area contributed by atoms with Crippen molar-refractivity contribution in [3.05, 3.63) is 145 Å². The highest BCUT2D eigenvalue weighted by Crippen LogP contribution is 2.41. The smallest absolute Gasteiger partial charge is 0.458 e. The first kappa shape index (κ1) is 36.7. The van der Waals surface area contributed by atoms with E-state index < -0.39 is 26.4 Å². The Morgan fingerprint density at radius 1 is 0.536 bits per heavy atom. The summed E-state index contributed by atoms with van der Waals surface area (Å²) in [4.78, 5) is 0. The Morgan fingerprint density at radius 3 is 1.52 bits per heavy atom. The second-order valence-electron chi connectivity index (χ2n) is 18.9. The SMILES string of the molecule is CC(C)(C)c1ccc2c(c1)c1cc(C(C)(C)C)ccc1n2-c1cc(B2OC(C)(C)C(C)(C)O2)c2c(c1)[Si](c1ccccc1)(c1ccccc1)c1ccccc1O2. The van der Waals surface area contributed by atoms with Crippen LogP contribution in [0, 0.1) is 0 Å². The normalized spacial score (nSPS) is 17.1. The first-order chi connectivity index (χ1) is 26.5. The van der Waals surface area contributed by atoms with Crippen LogP contribution in [0.25, 0.3) is 27.5 Å². The lowest BCUT2D eigenvalue weighted by Gasteiger charge is -2.40. The van der Waals surface area contributed by atoms with Crippen LogP contribution in [0.1, 0.15) is 80.4 Å². The number of aromatic nitrogens is 1. The number of benzene rings is 6. The maximum atomic E-state index is 7.17. The molecule has 4 nitrogen and oxygen atoms in total. The third kappa shape index (κ3) is 5.55. The minimum absolute atomic E-state index is 0.00129. The van der Waals surface area contributed by atoms with Gasteiger partial charge >= 0.3 is 7.12 Å². The van der Waals surface area contributed by atoms with Crippen molar-refractivity contribution in [2.24, 2.45) is 0 Å². The number of hydrogen-bond acceptors (Lipinski definition) is 3. The fourth-order valence-corrected chi connectivity index (χ4v) is 13.8. The van der Waals surface area contributed by atoms with Gasteiger partial charge in [0, 0.05) is 21.9 Å². The van der Waals surface area contributed by atoms with E-state index in [0.29, 0.717) is 0 Å². The summed E-state index contributed by atoms with van der Waals surface area (Å²) in [6.45, 7) is 22.3. The molecule has 0 spiro atoms. The number of hydrogen-bond donors (Lipinski definition) is 0. The van der Waals surface area contributed by atoms with Crippen molar-refractivity contribution in [1.82, 2.24) is 4.57 Å². The molecule has 0 unspecified atom stereocenters. The van der Waals surface area contributed by atoms with Gasteiger partial charge in [-0.15, -0.1) is 0 Å². The van der Waals surface area contributed by atoms with Gasteiger partial charge < -0.3 is 18.6 Å². The first-order valence-corrected chi connectivity index (χ1v) is 22.0. The zero-order chi connectivity index (χ0) is 39.4. The topological polar surface area (TPSA) is 32.6 Å². The molecule has 1 fully saturated rings. The molecular formula is C50H52BNO3Si. The van der Waals surface area contributed by atoms with E-state index in [-0.39, 0.29) is 10.8 Å². The van der Waals surface area contributed by atoms with Crippen LogP contribution in [0.5, 0.6) is 11.5 Å². The summed E-state index contributed by atoms with van der Waals surface area (Å²) in [5.74, 6) is 1.71. The highest BCUT2D eigenvalue weighted by Gasteiger charge is 2.55. The molecule has 0 amide bonds. The zero-order valence-corrected chi connectivity index (χ0v) is 35.5. The summed E-state index contributed by atoms with van der Waals surface area (Å²) >= 11 is 0. The number of ether oxygens (including phenoxy) is 1. The molecule has 2 aliphatic heterocycles. The lowest BCUT2D eigenvalue weighted by atomic mass is 9.78. The van der Waals surface area contributed by atoms with E-state index in [1.54, 1.807) is 0 Å². The van der Waals surface area contributed by atoms with Gasteiger partial charge in [0.2, 0.25) is 0 Å². The molecule has 0 radical (unpaired) electrons. The lowest BCUT2D eigenvalue weighted by Crippen LogP contribution is -2.76. The summed E-state index contributed by atoms with van der Waals surface area (Å²) < 4.78 is 23.5. The molecule has 7 aromatic rings. The van der Waals surface area contributed by atoms with Crippen LogP contribution in [0.3, 0.4) is 0 Å². The fraction of sp³-hybridized carbons (Fsp3) is 0.280. The second-order valence-corrected chi connectivity index (χ2v) is 22.6. The number of rotatable bonds is 4. The van der Waals surface area contributed by atoms with Crippen LogP contribution in [0.2, 0.25) is 0 Å². The number of fused-ring (bicyclic) bond motifs is 5. The molecule has 9 rings (SSSR count). The Labute approximate surface area is 333 Å². The summed E-state index contributed by atoms with van der Waals surface area (Å²) in [5, 5.41) is 7.52. The fourth-order valence-electron chi connectivity index (χ4n) is 8.82. The van der Waals surface area contributed by atoms with Gasteiger partial charge in [-0.1, -0.05) is 133 Å². The highest BCUT2D eigenvalue weighted by atomic mass is 28.3. The minimum atomic E-state index is -3.03. The molecule has 2 aliphatic rings. The summed E-state index contributed by atoms with van der Waals surface area (Å²) in [6.07, 6.45) is 0. The monoisotopic (exact) mass is 753 g/mol. The van der Waals surface area contributed by atoms with Crippen molar-refractivity contribution >= 4 is 63.2 Å². The summed E-state index contributed by atoms with van der Waals surface area (Å²) in [6, 6.07) is 49.7. The molecule has 6 heteroatoms. The Morgan fingerprint density at radius 2 is 1.02 bits per heavy atom. The molecule has 0 atom stereocenters. The standard InChI is InChI=1S/C50H52BNO3Si/c1-47(2,3)33-25-27-41-38(29-33)39-30-34(48(4,5)6)26-28-42(39)52(41)35-31-40(51-54-49(7,8)50(9,10)55-51)46-45(32-35)56(36-19-13-11-14-20-36,37-21-15-12-16-22-37)44-24-18-17-23-43(44)53-46/h11-32H,1-10H3. The average Bonchev–Trinajstić information content (AvgIpc) is 3.61. The maximum Gasteiger partial charge on any atom is 0.498 e. The third-order valence-electron chi connectivity index (χ3n) is 12.7. The van der Waals surface area contributed by atoms with Crippen LogP contribution in [-0.4, -0.2) is 31.0 Å². The molecule has 1 saturated heterocycles. The van der Waals surface area contributed by atoms with Gasteiger partial charge in [-0.25, -0.2) is 0 Å². The van der Waals surface area contributed by atoms with Crippen LogP contribution in [-0.2, 0) is 20.1 Å². The van der Waals surface area contributed by atoms with Crippen LogP contribution in [0.4, 0.5) is 0 Å². The van der Waals surface area contributed by atoms with Gasteiger partial charge in [-0.05, 0) is 113 Å². The molecule has 0 bridgehead atoms. The highest BCUT2D eigenvalue weighted by molar-refractivity contribution is 7.21. The molecular weight excluding hydrogens is 701 g/mol. The molecule has 1 aromatic heterocycles. The van der Waals surface area contributed by atoms with Crippen molar-refractivity contribution in [3.63, 3.8) is 0 Å². The van der Waals surface area contributed by atoms with E-state index in [1.165, 1.54) is 53.7 Å². The van der Waals surface area contributed by atoms with Gasteiger partial charge in [-0.3, -0.25) is 0 Å². The Bertz CT molecular complexity index is 2520. The van der Waals surface area contributed by atoms with E-state index >= 15 is 0 Å². The van der Waals surface area contributed by atoms with Crippen molar-refractivity contribution < 1.29 is 14.0 Å². The number of nitrogens with zero attached hydrogens (tertiary/aromatic N) is 1. The van der Waals surface area contributed by atoms with Gasteiger partial charge in [0.1, 0.15) is 11.5 Å². The van der Waals surface area contributed by atoms with Crippen molar-refractivity contribution in [2.75, 3.05) is 0 Å². The first-order valence-electron chi connectivity index (χ1n) is 20.0. The van der Waals surface area contributed by atoms with E-state index in [0.717, 1.165) is 22.6 Å². The molecule has 3 heterocycles. The molecule has 0 N–H and O–H groups in total. The predicted molar refractivity (Wildman–Crippen MR) is 238 cm³/mol. The van der Waals surface area contributed by atoms with E-state index in [1.807, 2.05) is 0 Å². The minimum Gasteiger partial charge on any atom is -0.458 e. The second kappa shape index (κ2) is 12.6. The molecule has 0 aliphatic carbocycles. The van der Waals surface area contributed by atoms with Crippen LogP contribution in [0.15, 0.2) is 133 Å². The molecule has 6 aromatic carbocycles. The van der Waals surface area contributed by atoms with Crippen LogP contribution >= 0.6 is 0 Å². The average molecular weight is 754 g/mol. The van der Waals surface area contributed by atoms with Crippen molar-refractivity contribution in [3.8, 4) is 17.2 Å². The van der Waals surface area contributed by atoms with E-state index in [4.69, 9.17) is 14.0 Å². The quantitative estimate of drug-likeness (QED) is 0.168. The Balaban J connectivity index is 1.44.